The van der Waals surface area contributed by atoms with Gasteiger partial charge >= 0.3 is 0 Å². The Morgan fingerprint density at radius 3 is 3.06 bits per heavy atom. The highest BCUT2D eigenvalue weighted by Crippen LogP contribution is 2.28. The average Bonchev–Trinajstić information content (AvgIpc) is 2.78. The van der Waals surface area contributed by atoms with Gasteiger partial charge in [0, 0.05) is 16.7 Å². The van der Waals surface area contributed by atoms with Crippen LogP contribution in [-0.4, -0.2) is 11.7 Å². The summed E-state index contributed by atoms with van der Waals surface area (Å²) in [5, 5.41) is 18.7. The molecular formula is C14H13NOS. The number of aliphatic hydroxyl groups is 1. The van der Waals surface area contributed by atoms with E-state index < -0.39 is 0 Å². The molecule has 0 aliphatic rings. The third-order valence-electron chi connectivity index (χ3n) is 2.53. The maximum absolute atomic E-state index is 8.89. The van der Waals surface area contributed by atoms with Crippen LogP contribution >= 0.6 is 11.3 Å². The van der Waals surface area contributed by atoms with Gasteiger partial charge in [-0.2, -0.15) is 5.26 Å². The number of nitriles is 1. The van der Waals surface area contributed by atoms with E-state index in [1.54, 1.807) is 0 Å². The number of unbranched alkanes of at least 4 members (excludes halogenated alkanes) is 1. The Morgan fingerprint density at radius 1 is 1.41 bits per heavy atom. The molecule has 1 N–H and O–H groups in total. The number of nitrogens with zero attached hydrogens (tertiary/aromatic N) is 1. The summed E-state index contributed by atoms with van der Waals surface area (Å²) in [4.78, 5) is 0.746. The Kier molecular flexibility index (Phi) is 3.92. The Labute approximate surface area is 104 Å². The molecule has 2 aromatic rings. The van der Waals surface area contributed by atoms with Crippen molar-refractivity contribution >= 4 is 27.5 Å². The van der Waals surface area contributed by atoms with Crippen molar-refractivity contribution in [1.82, 2.24) is 0 Å². The third kappa shape index (κ3) is 2.73. The fourth-order valence-corrected chi connectivity index (χ4v) is 2.60. The van der Waals surface area contributed by atoms with Crippen LogP contribution in [-0.2, 0) is 0 Å². The molecular weight excluding hydrogens is 230 g/mol. The second-order valence-electron chi connectivity index (χ2n) is 3.75. The molecule has 1 aromatic heterocycles. The predicted octanol–water partition coefficient (Wildman–Crippen LogP) is 3.56. The number of aliphatic hydroxyl groups excluding tert-OH is 1. The van der Waals surface area contributed by atoms with E-state index in [0.717, 1.165) is 33.4 Å². The number of thiophene rings is 1. The molecule has 0 amide bonds. The topological polar surface area (TPSA) is 44.0 Å². The van der Waals surface area contributed by atoms with E-state index in [9.17, 15) is 0 Å². The van der Waals surface area contributed by atoms with Crippen molar-refractivity contribution in [3.05, 3.63) is 40.8 Å². The van der Waals surface area contributed by atoms with Crippen molar-refractivity contribution in [3.8, 4) is 6.07 Å². The van der Waals surface area contributed by atoms with Gasteiger partial charge in [-0.15, -0.1) is 11.3 Å². The van der Waals surface area contributed by atoms with E-state index in [2.05, 4.69) is 18.2 Å². The van der Waals surface area contributed by atoms with Gasteiger partial charge in [-0.25, -0.2) is 0 Å². The zero-order valence-corrected chi connectivity index (χ0v) is 10.2. The second-order valence-corrected chi connectivity index (χ2v) is 4.83. The van der Waals surface area contributed by atoms with Crippen LogP contribution in [0.3, 0.4) is 0 Å². The summed E-state index contributed by atoms with van der Waals surface area (Å²) in [6.07, 6.45) is 5.79. The summed E-state index contributed by atoms with van der Waals surface area (Å²) in [6, 6.07) is 10.2. The van der Waals surface area contributed by atoms with Gasteiger partial charge in [-0.05, 0) is 30.5 Å². The molecule has 0 radical (unpaired) electrons. The minimum absolute atomic E-state index is 0.228. The molecule has 0 unspecified atom stereocenters. The van der Waals surface area contributed by atoms with Crippen LogP contribution in [0, 0.1) is 11.3 Å². The van der Waals surface area contributed by atoms with Gasteiger partial charge in [0.2, 0.25) is 0 Å². The smallest absolute Gasteiger partial charge is 0.110 e. The lowest BCUT2D eigenvalue weighted by molar-refractivity contribution is 0.290. The molecule has 2 rings (SSSR count). The highest BCUT2D eigenvalue weighted by Gasteiger charge is 2.03. The van der Waals surface area contributed by atoms with Crippen molar-refractivity contribution in [2.45, 2.75) is 12.8 Å². The molecule has 3 heteroatoms. The molecule has 0 saturated heterocycles. The van der Waals surface area contributed by atoms with Gasteiger partial charge in [-0.3, -0.25) is 0 Å². The van der Waals surface area contributed by atoms with Gasteiger partial charge in [0.15, 0.2) is 0 Å². The number of fused-ring (bicyclic) bond motifs is 1. The fourth-order valence-electron chi connectivity index (χ4n) is 1.70. The first-order valence-corrected chi connectivity index (χ1v) is 6.37. The highest BCUT2D eigenvalue weighted by atomic mass is 32.1. The molecule has 1 heterocycles. The lowest BCUT2D eigenvalue weighted by Gasteiger charge is -1.96. The largest absolute Gasteiger partial charge is 0.396 e. The molecule has 0 aliphatic carbocycles. The third-order valence-corrected chi connectivity index (χ3v) is 3.54. The second kappa shape index (κ2) is 5.62. The van der Waals surface area contributed by atoms with Crippen LogP contribution < -0.4 is 0 Å². The average molecular weight is 243 g/mol. The first-order chi connectivity index (χ1) is 8.35. The summed E-state index contributed by atoms with van der Waals surface area (Å²) >= 11 is 1.52. The van der Waals surface area contributed by atoms with E-state index in [1.165, 1.54) is 11.3 Å². The molecule has 0 bridgehead atoms. The normalized spacial score (nSPS) is 11.1. The SMILES string of the molecule is N#Cc1cc2c(/C=C/CCCO)cccc2s1. The number of benzene rings is 1. The minimum Gasteiger partial charge on any atom is -0.396 e. The van der Waals surface area contributed by atoms with E-state index in [1.807, 2.05) is 24.3 Å². The first kappa shape index (κ1) is 11.8. The molecule has 17 heavy (non-hydrogen) atoms. The molecule has 2 nitrogen and oxygen atoms in total. The maximum Gasteiger partial charge on any atom is 0.110 e. The predicted molar refractivity (Wildman–Crippen MR) is 71.9 cm³/mol. The molecule has 0 aliphatic heterocycles. The lowest BCUT2D eigenvalue weighted by Crippen LogP contribution is -1.78. The van der Waals surface area contributed by atoms with Gasteiger partial charge in [0.05, 0.1) is 0 Å². The molecule has 0 atom stereocenters. The molecule has 1 aromatic carbocycles. The van der Waals surface area contributed by atoms with E-state index in [0.29, 0.717) is 0 Å². The van der Waals surface area contributed by atoms with Crippen LogP contribution in [0.1, 0.15) is 23.3 Å². The molecule has 0 spiro atoms. The number of hydrogen-bond donors (Lipinski definition) is 1. The van der Waals surface area contributed by atoms with Crippen molar-refractivity contribution in [2.75, 3.05) is 6.61 Å². The Balaban J connectivity index is 2.31. The Morgan fingerprint density at radius 2 is 2.29 bits per heavy atom. The monoisotopic (exact) mass is 243 g/mol. The number of hydrogen-bond acceptors (Lipinski definition) is 3. The minimum atomic E-state index is 0.228. The number of rotatable bonds is 4. The summed E-state index contributed by atoms with van der Waals surface area (Å²) < 4.78 is 1.14. The summed E-state index contributed by atoms with van der Waals surface area (Å²) in [6.45, 7) is 0.228. The van der Waals surface area contributed by atoms with Crippen molar-refractivity contribution in [1.29, 1.82) is 5.26 Å². The number of allylic oxidation sites excluding steroid dienone is 1. The van der Waals surface area contributed by atoms with Crippen molar-refractivity contribution in [2.24, 2.45) is 0 Å². The first-order valence-electron chi connectivity index (χ1n) is 5.55. The quantitative estimate of drug-likeness (QED) is 0.834. The fraction of sp³-hybridized carbons (Fsp3) is 0.214. The molecule has 86 valence electrons. The zero-order chi connectivity index (χ0) is 12.1. The van der Waals surface area contributed by atoms with Crippen LogP contribution in [0.4, 0.5) is 0 Å². The van der Waals surface area contributed by atoms with Gasteiger partial charge in [-0.1, -0.05) is 24.3 Å². The van der Waals surface area contributed by atoms with Crippen LogP contribution in [0.5, 0.6) is 0 Å². The van der Waals surface area contributed by atoms with Crippen LogP contribution in [0.15, 0.2) is 30.3 Å². The lowest BCUT2D eigenvalue weighted by atomic mass is 10.1. The van der Waals surface area contributed by atoms with E-state index in [4.69, 9.17) is 10.4 Å². The summed E-state index contributed by atoms with van der Waals surface area (Å²) in [7, 11) is 0. The molecule has 0 saturated carbocycles. The Bertz CT molecular complexity index is 577. The van der Waals surface area contributed by atoms with Gasteiger partial charge in [0.1, 0.15) is 10.9 Å². The summed E-state index contributed by atoms with van der Waals surface area (Å²) in [5.74, 6) is 0. The zero-order valence-electron chi connectivity index (χ0n) is 9.39. The van der Waals surface area contributed by atoms with Crippen molar-refractivity contribution in [3.63, 3.8) is 0 Å². The van der Waals surface area contributed by atoms with Crippen molar-refractivity contribution < 1.29 is 5.11 Å². The van der Waals surface area contributed by atoms with E-state index in [-0.39, 0.29) is 6.61 Å². The van der Waals surface area contributed by atoms with Gasteiger partial charge in [0.25, 0.3) is 0 Å². The standard InChI is InChI=1S/C14H13NOS/c15-10-12-9-13-11(5-2-1-3-8-16)6-4-7-14(13)17-12/h2,4-7,9,16H,1,3,8H2/b5-2+. The van der Waals surface area contributed by atoms with Crippen LogP contribution in [0.25, 0.3) is 16.2 Å². The maximum atomic E-state index is 8.89. The Hall–Kier alpha value is -1.63. The summed E-state index contributed by atoms with van der Waals surface area (Å²) in [5.41, 5.74) is 1.14. The molecule has 0 fully saturated rings. The van der Waals surface area contributed by atoms with Gasteiger partial charge < -0.3 is 5.11 Å². The van der Waals surface area contributed by atoms with Crippen LogP contribution in [0.2, 0.25) is 0 Å². The highest BCUT2D eigenvalue weighted by molar-refractivity contribution is 7.19. The van der Waals surface area contributed by atoms with E-state index >= 15 is 0 Å².